The molecule has 1 unspecified atom stereocenters. The maximum Gasteiger partial charge on any atom is 0.270 e. The number of pyridine rings is 1. The molecule has 0 saturated carbocycles. The molecule has 1 aromatic heterocycles. The fourth-order valence-corrected chi connectivity index (χ4v) is 4.48. The van der Waals surface area contributed by atoms with Gasteiger partial charge in [0, 0.05) is 24.5 Å². The van der Waals surface area contributed by atoms with Gasteiger partial charge in [-0.1, -0.05) is 12.1 Å². The Morgan fingerprint density at radius 2 is 2.04 bits per heavy atom. The average Bonchev–Trinajstić information content (AvgIpc) is 2.98. The van der Waals surface area contributed by atoms with Crippen LogP contribution in [0.4, 0.5) is 5.69 Å². The number of aromatic nitrogens is 1. The zero-order valence-electron chi connectivity index (χ0n) is 14.4. The summed E-state index contributed by atoms with van der Waals surface area (Å²) in [5.41, 5.74) is 1.92. The van der Waals surface area contributed by atoms with E-state index in [0.717, 1.165) is 11.3 Å². The van der Waals surface area contributed by atoms with Crippen LogP contribution in [0.3, 0.4) is 0 Å². The number of hydrogen-bond acceptors (Lipinski definition) is 6. The van der Waals surface area contributed by atoms with Gasteiger partial charge in [-0.15, -0.1) is 0 Å². The molecule has 0 aliphatic carbocycles. The van der Waals surface area contributed by atoms with Gasteiger partial charge in [0.25, 0.3) is 5.91 Å². The highest BCUT2D eigenvalue weighted by molar-refractivity contribution is 7.91. The molecule has 2 N–H and O–H groups in total. The average molecular weight is 375 g/mol. The molecule has 26 heavy (non-hydrogen) atoms. The van der Waals surface area contributed by atoms with E-state index in [1.165, 1.54) is 6.20 Å². The second-order valence-corrected chi connectivity index (χ2v) is 8.43. The van der Waals surface area contributed by atoms with Crippen LogP contribution in [0, 0.1) is 0 Å². The highest BCUT2D eigenvalue weighted by atomic mass is 32.2. The first-order chi connectivity index (χ1) is 12.4. The summed E-state index contributed by atoms with van der Waals surface area (Å²) >= 11 is 0. The van der Waals surface area contributed by atoms with E-state index in [2.05, 4.69) is 15.6 Å². The van der Waals surface area contributed by atoms with Crippen LogP contribution < -0.4 is 15.4 Å². The van der Waals surface area contributed by atoms with E-state index < -0.39 is 9.84 Å². The fraction of sp³-hybridized carbons (Fsp3) is 0.333. The molecule has 0 bridgehead atoms. The molecule has 0 spiro atoms. The molecular formula is C18H21N3O4S. The third-order valence-electron chi connectivity index (χ3n) is 4.21. The predicted molar refractivity (Wildman–Crippen MR) is 99.1 cm³/mol. The quantitative estimate of drug-likeness (QED) is 0.796. The minimum atomic E-state index is -2.95. The highest BCUT2D eigenvalue weighted by Gasteiger charge is 2.27. The number of rotatable bonds is 6. The van der Waals surface area contributed by atoms with Crippen molar-refractivity contribution in [2.24, 2.45) is 0 Å². The van der Waals surface area contributed by atoms with Gasteiger partial charge in [-0.05, 0) is 36.2 Å². The van der Waals surface area contributed by atoms with Crippen LogP contribution in [0.5, 0.6) is 5.75 Å². The number of anilines is 1. The molecule has 1 aliphatic heterocycles. The van der Waals surface area contributed by atoms with Crippen LogP contribution in [0.25, 0.3) is 0 Å². The summed E-state index contributed by atoms with van der Waals surface area (Å²) in [5, 5.41) is 5.99. The molecule has 0 radical (unpaired) electrons. The molecule has 7 nitrogen and oxygen atoms in total. The third-order valence-corrected chi connectivity index (χ3v) is 5.98. The summed E-state index contributed by atoms with van der Waals surface area (Å²) in [6, 6.07) is 10.7. The van der Waals surface area contributed by atoms with Crippen molar-refractivity contribution in [3.05, 3.63) is 53.9 Å². The minimum Gasteiger partial charge on any atom is -0.497 e. The maximum atomic E-state index is 12.3. The Hall–Kier alpha value is -2.61. The summed E-state index contributed by atoms with van der Waals surface area (Å²) in [5.74, 6) is 0.789. The van der Waals surface area contributed by atoms with Crippen molar-refractivity contribution in [3.8, 4) is 5.75 Å². The van der Waals surface area contributed by atoms with Crippen molar-refractivity contribution >= 4 is 21.4 Å². The first-order valence-corrected chi connectivity index (χ1v) is 10.1. The second-order valence-electron chi connectivity index (χ2n) is 6.20. The van der Waals surface area contributed by atoms with Gasteiger partial charge < -0.3 is 15.4 Å². The van der Waals surface area contributed by atoms with E-state index in [9.17, 15) is 13.2 Å². The topological polar surface area (TPSA) is 97.4 Å². The molecule has 1 saturated heterocycles. The number of nitrogens with zero attached hydrogens (tertiary/aromatic N) is 1. The van der Waals surface area contributed by atoms with Crippen molar-refractivity contribution in [2.45, 2.75) is 19.0 Å². The number of carbonyl (C=O) groups is 1. The smallest absolute Gasteiger partial charge is 0.270 e. The lowest BCUT2D eigenvalue weighted by atomic mass is 10.2. The molecule has 2 heterocycles. The van der Waals surface area contributed by atoms with Gasteiger partial charge in [-0.25, -0.2) is 8.42 Å². The summed E-state index contributed by atoms with van der Waals surface area (Å²) in [6.45, 7) is 0.378. The molecule has 1 aromatic carbocycles. The van der Waals surface area contributed by atoms with E-state index in [0.29, 0.717) is 18.7 Å². The van der Waals surface area contributed by atoms with Crippen LogP contribution in [0.1, 0.15) is 22.5 Å². The minimum absolute atomic E-state index is 0.119. The predicted octanol–water partition coefficient (Wildman–Crippen LogP) is 1.62. The van der Waals surface area contributed by atoms with Crippen molar-refractivity contribution in [2.75, 3.05) is 23.9 Å². The molecule has 2 aromatic rings. The lowest BCUT2D eigenvalue weighted by Crippen LogP contribution is -2.24. The lowest BCUT2D eigenvalue weighted by Gasteiger charge is -2.13. The van der Waals surface area contributed by atoms with Gasteiger partial charge in [0.05, 0.1) is 18.6 Å². The van der Waals surface area contributed by atoms with Gasteiger partial charge in [0.2, 0.25) is 0 Å². The standard InChI is InChI=1S/C18H21N3O4S/c1-25-16-4-2-13(3-5-16)11-20-18(22)17-10-14(6-8-19-17)21-15-7-9-26(23,24)12-15/h2-6,8,10,15H,7,9,11-12H2,1H3,(H,19,21)(H,20,22). The van der Waals surface area contributed by atoms with Crippen LogP contribution >= 0.6 is 0 Å². The van der Waals surface area contributed by atoms with Gasteiger partial charge >= 0.3 is 0 Å². The van der Waals surface area contributed by atoms with E-state index >= 15 is 0 Å². The molecule has 1 fully saturated rings. The Morgan fingerprint density at radius 3 is 2.69 bits per heavy atom. The Balaban J connectivity index is 1.59. The SMILES string of the molecule is COc1ccc(CNC(=O)c2cc(NC3CCS(=O)(=O)C3)ccn2)cc1. The Bertz CT molecular complexity index is 882. The van der Waals surface area contributed by atoms with Crippen molar-refractivity contribution in [1.82, 2.24) is 10.3 Å². The van der Waals surface area contributed by atoms with Gasteiger partial charge in [-0.2, -0.15) is 0 Å². The molecule has 8 heteroatoms. The maximum absolute atomic E-state index is 12.3. The number of ether oxygens (including phenoxy) is 1. The molecule has 1 aliphatic rings. The zero-order valence-corrected chi connectivity index (χ0v) is 15.3. The lowest BCUT2D eigenvalue weighted by molar-refractivity contribution is 0.0946. The van der Waals surface area contributed by atoms with Gasteiger partial charge in [-0.3, -0.25) is 9.78 Å². The Morgan fingerprint density at radius 1 is 1.27 bits per heavy atom. The van der Waals surface area contributed by atoms with E-state index in [-0.39, 0.29) is 29.1 Å². The molecular weight excluding hydrogens is 354 g/mol. The fourth-order valence-electron chi connectivity index (χ4n) is 2.81. The molecule has 3 rings (SSSR count). The number of carbonyl (C=O) groups excluding carboxylic acids is 1. The first kappa shape index (κ1) is 18.2. The van der Waals surface area contributed by atoms with Crippen LogP contribution in [-0.2, 0) is 16.4 Å². The molecule has 1 atom stereocenters. The summed E-state index contributed by atoms with van der Waals surface area (Å²) in [4.78, 5) is 16.4. The normalized spacial score (nSPS) is 18.3. The number of nitrogens with one attached hydrogen (secondary N) is 2. The molecule has 1 amide bonds. The number of hydrogen-bond donors (Lipinski definition) is 2. The van der Waals surface area contributed by atoms with E-state index in [1.54, 1.807) is 19.2 Å². The van der Waals surface area contributed by atoms with Gasteiger partial charge in [0.1, 0.15) is 11.4 Å². The Kier molecular flexibility index (Phi) is 5.41. The number of methoxy groups -OCH3 is 1. The zero-order chi connectivity index (χ0) is 18.6. The van der Waals surface area contributed by atoms with Crippen LogP contribution in [0.15, 0.2) is 42.6 Å². The number of benzene rings is 1. The van der Waals surface area contributed by atoms with Crippen LogP contribution in [-0.4, -0.2) is 44.0 Å². The summed E-state index contributed by atoms with van der Waals surface area (Å²) < 4.78 is 28.2. The summed E-state index contributed by atoms with van der Waals surface area (Å²) in [7, 11) is -1.35. The molecule has 138 valence electrons. The van der Waals surface area contributed by atoms with Crippen LogP contribution in [0.2, 0.25) is 0 Å². The van der Waals surface area contributed by atoms with Gasteiger partial charge in [0.15, 0.2) is 9.84 Å². The largest absolute Gasteiger partial charge is 0.497 e. The number of sulfone groups is 1. The highest BCUT2D eigenvalue weighted by Crippen LogP contribution is 2.18. The summed E-state index contributed by atoms with van der Waals surface area (Å²) in [6.07, 6.45) is 2.11. The first-order valence-electron chi connectivity index (χ1n) is 8.29. The number of amides is 1. The van der Waals surface area contributed by atoms with Crippen molar-refractivity contribution in [1.29, 1.82) is 0 Å². The van der Waals surface area contributed by atoms with Crippen molar-refractivity contribution < 1.29 is 17.9 Å². The third kappa shape index (κ3) is 4.72. The Labute approximate surface area is 152 Å². The second kappa shape index (κ2) is 7.74. The van der Waals surface area contributed by atoms with E-state index in [1.807, 2.05) is 24.3 Å². The van der Waals surface area contributed by atoms with Crippen molar-refractivity contribution in [3.63, 3.8) is 0 Å². The van der Waals surface area contributed by atoms with E-state index in [4.69, 9.17) is 4.74 Å². The monoisotopic (exact) mass is 375 g/mol.